The topological polar surface area (TPSA) is 85.2 Å². The van der Waals surface area contributed by atoms with Crippen LogP contribution < -0.4 is 15.0 Å². The van der Waals surface area contributed by atoms with Gasteiger partial charge in [-0.3, -0.25) is 4.79 Å². The smallest absolute Gasteiger partial charge is 0.242 e. The molecular weight excluding hydrogens is 368 g/mol. The first-order valence-corrected chi connectivity index (χ1v) is 9.95. The first-order chi connectivity index (χ1) is 14.1. The van der Waals surface area contributed by atoms with E-state index >= 15 is 0 Å². The third kappa shape index (κ3) is 4.31. The Morgan fingerprint density at radius 1 is 1.28 bits per heavy atom. The van der Waals surface area contributed by atoms with Crippen LogP contribution >= 0.6 is 0 Å². The van der Waals surface area contributed by atoms with Crippen LogP contribution in [0.4, 0.5) is 5.82 Å². The molecule has 1 saturated heterocycles. The number of fused-ring (bicyclic) bond motifs is 1. The number of rotatable bonds is 6. The molecule has 3 heterocycles. The van der Waals surface area contributed by atoms with E-state index < -0.39 is 0 Å². The Kier molecular flexibility index (Phi) is 5.59. The lowest BCUT2D eigenvalue weighted by atomic mass is 9.99. The van der Waals surface area contributed by atoms with Gasteiger partial charge < -0.3 is 15.0 Å². The summed E-state index contributed by atoms with van der Waals surface area (Å²) in [6, 6.07) is 7.64. The van der Waals surface area contributed by atoms with Crippen LogP contribution in [-0.4, -0.2) is 45.9 Å². The minimum atomic E-state index is -0.121. The van der Waals surface area contributed by atoms with Gasteiger partial charge in [0, 0.05) is 19.6 Å². The highest BCUT2D eigenvalue weighted by Crippen LogP contribution is 2.27. The maximum absolute atomic E-state index is 12.4. The summed E-state index contributed by atoms with van der Waals surface area (Å²) in [6.07, 6.45) is 5.64. The SMILES string of the molecule is COc1cccc(CNC(=O)Cn2ncc3c(N4CCC(C)CC4)ncnc32)c1. The van der Waals surface area contributed by atoms with E-state index in [9.17, 15) is 4.79 Å². The minimum absolute atomic E-state index is 0.112. The van der Waals surface area contributed by atoms with E-state index in [0.29, 0.717) is 12.2 Å². The van der Waals surface area contributed by atoms with Gasteiger partial charge in [-0.2, -0.15) is 5.10 Å². The fourth-order valence-corrected chi connectivity index (χ4v) is 3.64. The van der Waals surface area contributed by atoms with E-state index in [-0.39, 0.29) is 12.5 Å². The molecule has 29 heavy (non-hydrogen) atoms. The van der Waals surface area contributed by atoms with Crippen LogP contribution in [0.5, 0.6) is 5.75 Å². The summed E-state index contributed by atoms with van der Waals surface area (Å²) in [6.45, 7) is 4.80. The number of carbonyl (C=O) groups excluding carboxylic acids is 1. The maximum Gasteiger partial charge on any atom is 0.242 e. The monoisotopic (exact) mass is 394 g/mol. The number of hydrogen-bond donors (Lipinski definition) is 1. The number of nitrogens with one attached hydrogen (secondary N) is 1. The number of nitrogens with zero attached hydrogens (tertiary/aromatic N) is 5. The summed E-state index contributed by atoms with van der Waals surface area (Å²) < 4.78 is 6.85. The standard InChI is InChI=1S/C21H26N6O2/c1-15-6-8-26(9-7-15)20-18-12-25-27(21(18)24-14-23-20)13-19(28)22-11-16-4-3-5-17(10-16)29-2/h3-5,10,12,14-15H,6-9,11,13H2,1-2H3,(H,22,28). The van der Waals surface area contributed by atoms with Crippen LogP contribution in [0.1, 0.15) is 25.3 Å². The normalized spacial score (nSPS) is 14.9. The van der Waals surface area contributed by atoms with Crippen molar-refractivity contribution in [2.24, 2.45) is 5.92 Å². The third-order valence-corrected chi connectivity index (χ3v) is 5.41. The average molecular weight is 394 g/mol. The molecule has 0 spiro atoms. The summed E-state index contributed by atoms with van der Waals surface area (Å²) >= 11 is 0. The third-order valence-electron chi connectivity index (χ3n) is 5.41. The van der Waals surface area contributed by atoms with Crippen LogP contribution in [-0.2, 0) is 17.9 Å². The molecule has 0 radical (unpaired) electrons. The van der Waals surface area contributed by atoms with Gasteiger partial charge in [0.05, 0.1) is 18.7 Å². The van der Waals surface area contributed by atoms with Crippen molar-refractivity contribution in [1.29, 1.82) is 0 Å². The highest BCUT2D eigenvalue weighted by atomic mass is 16.5. The predicted molar refractivity (Wildman–Crippen MR) is 111 cm³/mol. The van der Waals surface area contributed by atoms with E-state index in [2.05, 4.69) is 32.2 Å². The molecule has 1 N–H and O–H groups in total. The molecule has 2 aromatic heterocycles. The number of amides is 1. The molecule has 1 fully saturated rings. The molecule has 8 nitrogen and oxygen atoms in total. The van der Waals surface area contributed by atoms with Gasteiger partial charge in [0.25, 0.3) is 0 Å². The molecule has 152 valence electrons. The van der Waals surface area contributed by atoms with Gasteiger partial charge in [0.15, 0.2) is 5.65 Å². The Bertz CT molecular complexity index is 994. The molecule has 1 aliphatic heterocycles. The largest absolute Gasteiger partial charge is 0.497 e. The van der Waals surface area contributed by atoms with Crippen molar-refractivity contribution in [3.63, 3.8) is 0 Å². The first kappa shape index (κ1) is 19.2. The van der Waals surface area contributed by atoms with E-state index in [0.717, 1.165) is 54.4 Å². The van der Waals surface area contributed by atoms with E-state index in [1.165, 1.54) is 0 Å². The molecule has 0 aliphatic carbocycles. The van der Waals surface area contributed by atoms with Gasteiger partial charge >= 0.3 is 0 Å². The Morgan fingerprint density at radius 3 is 2.90 bits per heavy atom. The van der Waals surface area contributed by atoms with E-state index in [1.54, 1.807) is 24.3 Å². The number of piperidine rings is 1. The summed E-state index contributed by atoms with van der Waals surface area (Å²) in [7, 11) is 1.63. The number of benzene rings is 1. The van der Waals surface area contributed by atoms with Gasteiger partial charge in [-0.05, 0) is 36.5 Å². The van der Waals surface area contributed by atoms with E-state index in [4.69, 9.17) is 4.74 Å². The highest BCUT2D eigenvalue weighted by Gasteiger charge is 2.21. The predicted octanol–water partition coefficient (Wildman–Crippen LogP) is 2.39. The lowest BCUT2D eigenvalue weighted by molar-refractivity contribution is -0.121. The Hall–Kier alpha value is -3.16. The fourth-order valence-electron chi connectivity index (χ4n) is 3.64. The van der Waals surface area contributed by atoms with Crippen LogP contribution in [0.25, 0.3) is 11.0 Å². The Morgan fingerprint density at radius 2 is 2.10 bits per heavy atom. The van der Waals surface area contributed by atoms with Crippen LogP contribution in [0, 0.1) is 5.92 Å². The fraction of sp³-hybridized carbons (Fsp3) is 0.429. The second-order valence-electron chi connectivity index (χ2n) is 7.53. The summed E-state index contributed by atoms with van der Waals surface area (Å²) in [4.78, 5) is 23.6. The second kappa shape index (κ2) is 8.46. The zero-order valence-electron chi connectivity index (χ0n) is 16.8. The molecule has 3 aromatic rings. The lowest BCUT2D eigenvalue weighted by Gasteiger charge is -2.31. The first-order valence-electron chi connectivity index (χ1n) is 9.95. The molecule has 1 aliphatic rings. The molecule has 8 heteroatoms. The summed E-state index contributed by atoms with van der Waals surface area (Å²) in [5, 5.41) is 8.21. The van der Waals surface area contributed by atoms with Crippen molar-refractivity contribution in [2.75, 3.05) is 25.1 Å². The molecule has 0 atom stereocenters. The van der Waals surface area contributed by atoms with Gasteiger partial charge in [0.1, 0.15) is 24.4 Å². The molecule has 0 saturated carbocycles. The van der Waals surface area contributed by atoms with Crippen LogP contribution in [0.3, 0.4) is 0 Å². The summed E-state index contributed by atoms with van der Waals surface area (Å²) in [5.74, 6) is 2.31. The zero-order valence-corrected chi connectivity index (χ0v) is 16.8. The second-order valence-corrected chi connectivity index (χ2v) is 7.53. The zero-order chi connectivity index (χ0) is 20.2. The molecule has 4 rings (SSSR count). The molecule has 1 aromatic carbocycles. The van der Waals surface area contributed by atoms with Crippen LogP contribution in [0.2, 0.25) is 0 Å². The molecular formula is C21H26N6O2. The van der Waals surface area contributed by atoms with Crippen molar-refractivity contribution < 1.29 is 9.53 Å². The van der Waals surface area contributed by atoms with Crippen molar-refractivity contribution in [2.45, 2.75) is 32.9 Å². The number of ether oxygens (including phenoxy) is 1. The number of aromatic nitrogens is 4. The van der Waals surface area contributed by atoms with Crippen molar-refractivity contribution in [3.05, 3.63) is 42.4 Å². The van der Waals surface area contributed by atoms with Crippen molar-refractivity contribution >= 4 is 22.8 Å². The van der Waals surface area contributed by atoms with Gasteiger partial charge in [-0.15, -0.1) is 0 Å². The van der Waals surface area contributed by atoms with Gasteiger partial charge in [-0.25, -0.2) is 14.6 Å². The molecule has 0 bridgehead atoms. The van der Waals surface area contributed by atoms with Crippen molar-refractivity contribution in [3.8, 4) is 5.75 Å². The minimum Gasteiger partial charge on any atom is -0.497 e. The number of methoxy groups -OCH3 is 1. The Balaban J connectivity index is 1.44. The average Bonchev–Trinajstić information content (AvgIpc) is 3.16. The summed E-state index contributed by atoms with van der Waals surface area (Å²) in [5.41, 5.74) is 1.66. The van der Waals surface area contributed by atoms with Crippen molar-refractivity contribution in [1.82, 2.24) is 25.1 Å². The van der Waals surface area contributed by atoms with Gasteiger partial charge in [0.2, 0.25) is 5.91 Å². The number of hydrogen-bond acceptors (Lipinski definition) is 6. The van der Waals surface area contributed by atoms with Crippen LogP contribution in [0.15, 0.2) is 36.8 Å². The highest BCUT2D eigenvalue weighted by molar-refractivity contribution is 5.87. The molecule has 1 amide bonds. The Labute approximate surface area is 169 Å². The van der Waals surface area contributed by atoms with Gasteiger partial charge in [-0.1, -0.05) is 19.1 Å². The maximum atomic E-state index is 12.4. The quantitative estimate of drug-likeness (QED) is 0.691. The number of anilines is 1. The molecule has 0 unspecified atom stereocenters. The van der Waals surface area contributed by atoms with E-state index in [1.807, 2.05) is 24.3 Å². The number of carbonyl (C=O) groups is 1. The lowest BCUT2D eigenvalue weighted by Crippen LogP contribution is -2.33.